The monoisotopic (exact) mass is 1060 g/mol. The normalized spacial score (nSPS) is 15.0. The number of morpholine rings is 1. The highest BCUT2D eigenvalue weighted by atomic mass is 16.6. The van der Waals surface area contributed by atoms with Crippen molar-refractivity contribution in [3.05, 3.63) is 90.5 Å². The average molecular weight is 1060 g/mol. The number of anilines is 1. The van der Waals surface area contributed by atoms with E-state index in [-0.39, 0.29) is 83.5 Å². The first-order valence-corrected chi connectivity index (χ1v) is 28.2. The molecule has 0 radical (unpaired) electrons. The van der Waals surface area contributed by atoms with Crippen LogP contribution in [0.1, 0.15) is 131 Å². The summed E-state index contributed by atoms with van der Waals surface area (Å²) in [6.45, 7) is 21.6. The molecule has 424 valence electrons. The summed E-state index contributed by atoms with van der Waals surface area (Å²) in [5.41, 5.74) is 2.12. The van der Waals surface area contributed by atoms with Crippen molar-refractivity contribution < 1.29 is 57.1 Å². The largest absolute Gasteiger partial charge is 0.463 e. The van der Waals surface area contributed by atoms with Gasteiger partial charge in [0.2, 0.25) is 0 Å². The van der Waals surface area contributed by atoms with Crippen molar-refractivity contribution >= 4 is 35.3 Å². The molecule has 0 aromatic heterocycles. The number of carbonyl (C=O) groups excluding carboxylic acids is 5. The van der Waals surface area contributed by atoms with E-state index >= 15 is 0 Å². The van der Waals surface area contributed by atoms with Crippen LogP contribution in [0.2, 0.25) is 0 Å². The van der Waals surface area contributed by atoms with E-state index in [1.165, 1.54) is 51.4 Å². The summed E-state index contributed by atoms with van der Waals surface area (Å²) in [6.07, 6.45) is 16.8. The molecule has 0 bridgehead atoms. The Morgan fingerprint density at radius 2 is 1.13 bits per heavy atom. The predicted molar refractivity (Wildman–Crippen MR) is 297 cm³/mol. The Hall–Kier alpha value is -4.97. The molecule has 16 nitrogen and oxygen atoms in total. The maximum Gasteiger partial charge on any atom is 0.330 e. The van der Waals surface area contributed by atoms with Crippen molar-refractivity contribution in [2.45, 2.75) is 116 Å². The first kappa shape index (κ1) is 63.6. The summed E-state index contributed by atoms with van der Waals surface area (Å²) in [4.78, 5) is 72.5. The Morgan fingerprint density at radius 1 is 0.618 bits per heavy atom. The number of unbranched alkanes of at least 4 members (excludes halogenated alkanes) is 9. The second-order valence-electron chi connectivity index (χ2n) is 20.2. The average Bonchev–Trinajstić information content (AvgIpc) is 3.46. The lowest BCUT2D eigenvalue weighted by Crippen LogP contribution is -2.54. The SMILES string of the molecule is C=CC(=O)OCCOCC(CC)(COCCOC(=O)C=C)COCCOC(=O)CCN1CCN(c2ccc(C(=O)C(CC)(Cc3ccc(C(=O)N4CCOCC4)cc3)N(C)CCCCCCCCCCCC)cc2)CC1. The van der Waals surface area contributed by atoms with E-state index in [2.05, 4.69) is 60.9 Å². The van der Waals surface area contributed by atoms with Crippen LogP contribution in [-0.2, 0) is 54.0 Å². The fraction of sp³-hybridized carbons (Fsp3) is 0.650. The Balaban J connectivity index is 1.26. The van der Waals surface area contributed by atoms with Gasteiger partial charge in [-0.2, -0.15) is 0 Å². The molecule has 0 spiro atoms. The molecule has 0 aliphatic carbocycles. The molecular formula is C60H92N4O12. The Bertz CT molecular complexity index is 1990. The van der Waals surface area contributed by atoms with Gasteiger partial charge in [-0.25, -0.2) is 9.59 Å². The van der Waals surface area contributed by atoms with Crippen LogP contribution in [0.5, 0.6) is 0 Å². The molecule has 1 amide bonds. The predicted octanol–water partition coefficient (Wildman–Crippen LogP) is 8.55. The highest BCUT2D eigenvalue weighted by Gasteiger charge is 2.41. The zero-order valence-electron chi connectivity index (χ0n) is 46.7. The van der Waals surface area contributed by atoms with Gasteiger partial charge in [0.1, 0.15) is 19.8 Å². The molecule has 2 heterocycles. The van der Waals surface area contributed by atoms with Crippen molar-refractivity contribution in [1.82, 2.24) is 14.7 Å². The third-order valence-electron chi connectivity index (χ3n) is 14.8. The number of hydrogen-bond acceptors (Lipinski definition) is 15. The molecule has 2 aliphatic heterocycles. The molecule has 2 aliphatic rings. The summed E-state index contributed by atoms with van der Waals surface area (Å²) >= 11 is 0. The fourth-order valence-electron chi connectivity index (χ4n) is 9.72. The van der Waals surface area contributed by atoms with Crippen LogP contribution in [-0.4, -0.2) is 182 Å². The minimum atomic E-state index is -0.763. The Morgan fingerprint density at radius 3 is 1.64 bits per heavy atom. The Kier molecular flexibility index (Phi) is 30.3. The van der Waals surface area contributed by atoms with Gasteiger partial charge >= 0.3 is 17.9 Å². The molecule has 2 aromatic carbocycles. The van der Waals surface area contributed by atoms with E-state index in [0.717, 1.165) is 69.0 Å². The summed E-state index contributed by atoms with van der Waals surface area (Å²) in [7, 11) is 2.11. The number of ether oxygens (including phenoxy) is 7. The molecule has 2 saturated heterocycles. The van der Waals surface area contributed by atoms with Crippen molar-refractivity contribution in [2.75, 3.05) is 137 Å². The molecular weight excluding hydrogens is 969 g/mol. The van der Waals surface area contributed by atoms with E-state index < -0.39 is 22.9 Å². The number of carbonyl (C=O) groups is 5. The van der Waals surface area contributed by atoms with Crippen molar-refractivity contribution in [3.8, 4) is 0 Å². The minimum Gasteiger partial charge on any atom is -0.463 e. The van der Waals surface area contributed by atoms with E-state index in [0.29, 0.717) is 63.2 Å². The summed E-state index contributed by atoms with van der Waals surface area (Å²) in [5, 5.41) is 0. The van der Waals surface area contributed by atoms with E-state index in [9.17, 15) is 24.0 Å². The summed E-state index contributed by atoms with van der Waals surface area (Å²) in [6, 6.07) is 15.9. The number of piperazine rings is 1. The van der Waals surface area contributed by atoms with Crippen LogP contribution in [0.3, 0.4) is 0 Å². The van der Waals surface area contributed by atoms with Crippen molar-refractivity contribution in [2.24, 2.45) is 5.41 Å². The van der Waals surface area contributed by atoms with E-state index in [1.807, 2.05) is 48.2 Å². The van der Waals surface area contributed by atoms with Crippen molar-refractivity contribution in [3.63, 3.8) is 0 Å². The number of benzene rings is 2. The molecule has 4 rings (SSSR count). The lowest BCUT2D eigenvalue weighted by Gasteiger charge is -2.41. The van der Waals surface area contributed by atoms with Crippen LogP contribution < -0.4 is 4.90 Å². The van der Waals surface area contributed by atoms with Gasteiger partial charge in [0.05, 0.1) is 64.8 Å². The quantitative estimate of drug-likeness (QED) is 0.0205. The van der Waals surface area contributed by atoms with Gasteiger partial charge in [-0.3, -0.25) is 24.2 Å². The molecule has 16 heteroatoms. The van der Waals surface area contributed by atoms with Crippen LogP contribution in [0.15, 0.2) is 73.8 Å². The fourth-order valence-corrected chi connectivity index (χ4v) is 9.72. The first-order valence-electron chi connectivity index (χ1n) is 28.2. The lowest BCUT2D eigenvalue weighted by atomic mass is 9.79. The molecule has 0 N–H and O–H groups in total. The molecule has 76 heavy (non-hydrogen) atoms. The second-order valence-corrected chi connectivity index (χ2v) is 20.2. The molecule has 2 fully saturated rings. The minimum absolute atomic E-state index is 0.0131. The second kappa shape index (κ2) is 36.2. The van der Waals surface area contributed by atoms with E-state index in [1.54, 1.807) is 0 Å². The van der Waals surface area contributed by atoms with Crippen LogP contribution in [0.4, 0.5) is 5.69 Å². The van der Waals surface area contributed by atoms with Crippen LogP contribution >= 0.6 is 0 Å². The summed E-state index contributed by atoms with van der Waals surface area (Å²) in [5.74, 6) is -1.22. The standard InChI is InChI=1S/C60H92N4O12/c1-7-12-13-14-15-16-17-18-19-20-30-61(6)60(11-5,46-50-21-23-52(24-22-50)58(69)64-36-38-70-39-37-64)57(68)51-25-27-53(28-26-51)63-34-32-62(33-35-63)31-29-56(67)76-45-42-73-49-59(10-4,47-71-40-43-74-54(65)8-2)48-72-41-44-75-55(66)9-3/h8-9,21-28H,2-3,7,10-20,29-49H2,1,4-6H3. The maximum absolute atomic E-state index is 15.0. The number of hydrogen-bond donors (Lipinski definition) is 0. The smallest absolute Gasteiger partial charge is 0.330 e. The third-order valence-corrected chi connectivity index (χ3v) is 14.8. The van der Waals surface area contributed by atoms with E-state index in [4.69, 9.17) is 33.2 Å². The topological polar surface area (TPSA) is 163 Å². The number of Topliss-reactive ketones (excluding diaryl/α,β-unsaturated/α-hetero) is 1. The number of amides is 1. The molecule has 1 unspecified atom stereocenters. The number of rotatable bonds is 40. The lowest BCUT2D eigenvalue weighted by molar-refractivity contribution is -0.146. The number of ketones is 1. The molecule has 0 saturated carbocycles. The summed E-state index contributed by atoms with van der Waals surface area (Å²) < 4.78 is 38.6. The number of nitrogens with zero attached hydrogens (tertiary/aromatic N) is 4. The van der Waals surface area contributed by atoms with Gasteiger partial charge in [-0.15, -0.1) is 0 Å². The first-order chi connectivity index (χ1) is 36.9. The Labute approximate surface area is 454 Å². The van der Waals surface area contributed by atoms with Gasteiger partial charge in [0.25, 0.3) is 5.91 Å². The van der Waals surface area contributed by atoms with Gasteiger partial charge in [0, 0.05) is 80.2 Å². The molecule has 1 atom stereocenters. The highest BCUT2D eigenvalue weighted by molar-refractivity contribution is 6.03. The number of likely N-dealkylation sites (N-methyl/N-ethyl adjacent to an activating group) is 1. The van der Waals surface area contributed by atoms with Crippen LogP contribution in [0, 0.1) is 5.41 Å². The zero-order chi connectivity index (χ0) is 54.9. The highest BCUT2D eigenvalue weighted by Crippen LogP contribution is 2.31. The van der Waals surface area contributed by atoms with Gasteiger partial charge < -0.3 is 43.0 Å². The zero-order valence-corrected chi connectivity index (χ0v) is 46.7. The third kappa shape index (κ3) is 22.2. The number of esters is 3. The van der Waals surface area contributed by atoms with Crippen LogP contribution in [0.25, 0.3) is 0 Å². The van der Waals surface area contributed by atoms with Gasteiger partial charge in [-0.05, 0) is 81.2 Å². The maximum atomic E-state index is 15.0. The van der Waals surface area contributed by atoms with Crippen molar-refractivity contribution in [1.29, 1.82) is 0 Å². The molecule has 2 aromatic rings. The van der Waals surface area contributed by atoms with Gasteiger partial charge in [0.15, 0.2) is 5.78 Å². The van der Waals surface area contributed by atoms with Gasteiger partial charge in [-0.1, -0.05) is 104 Å².